The minimum Gasteiger partial charge on any atom is -0.452 e. The average Bonchev–Trinajstić information content (AvgIpc) is 2.61. The lowest BCUT2D eigenvalue weighted by atomic mass is 10.1. The van der Waals surface area contributed by atoms with Crippen LogP contribution in [0.4, 0.5) is 5.69 Å². The van der Waals surface area contributed by atoms with E-state index in [2.05, 4.69) is 10.0 Å². The maximum Gasteiger partial charge on any atom is 0.338 e. The molecule has 0 unspecified atom stereocenters. The number of amides is 1. The number of nitrogens with one attached hydrogen (secondary N) is 2. The van der Waals surface area contributed by atoms with E-state index in [0.717, 1.165) is 16.7 Å². The van der Waals surface area contributed by atoms with Gasteiger partial charge in [0.15, 0.2) is 6.61 Å². The molecule has 2 N–H and O–H groups in total. The summed E-state index contributed by atoms with van der Waals surface area (Å²) in [5.41, 5.74) is 3.65. The molecule has 0 aromatic heterocycles. The first-order valence-electron chi connectivity index (χ1n) is 9.17. The molecule has 2 aromatic rings. The minimum absolute atomic E-state index is 0.0454. The fourth-order valence-electron chi connectivity index (χ4n) is 2.94. The summed E-state index contributed by atoms with van der Waals surface area (Å²) >= 11 is 0. The predicted octanol–water partition coefficient (Wildman–Crippen LogP) is 3.09. The van der Waals surface area contributed by atoms with E-state index in [1.54, 1.807) is 13.8 Å². The molecule has 0 fully saturated rings. The molecule has 0 aliphatic heterocycles. The van der Waals surface area contributed by atoms with Gasteiger partial charge in [0, 0.05) is 11.7 Å². The molecule has 0 saturated heterocycles. The highest BCUT2D eigenvalue weighted by Crippen LogP contribution is 2.21. The number of sulfonamides is 1. The zero-order valence-electron chi connectivity index (χ0n) is 17.2. The van der Waals surface area contributed by atoms with Crippen molar-refractivity contribution in [2.24, 2.45) is 0 Å². The summed E-state index contributed by atoms with van der Waals surface area (Å²) in [4.78, 5) is 24.4. The number of carbonyl (C=O) groups is 2. The van der Waals surface area contributed by atoms with Crippen molar-refractivity contribution < 1.29 is 22.7 Å². The third-order valence-electron chi connectivity index (χ3n) is 4.05. The van der Waals surface area contributed by atoms with E-state index in [1.165, 1.54) is 24.3 Å². The van der Waals surface area contributed by atoms with Crippen molar-refractivity contribution in [1.82, 2.24) is 4.72 Å². The van der Waals surface area contributed by atoms with Crippen LogP contribution < -0.4 is 10.0 Å². The molecule has 8 heteroatoms. The van der Waals surface area contributed by atoms with Crippen LogP contribution in [0.5, 0.6) is 0 Å². The zero-order valence-corrected chi connectivity index (χ0v) is 18.0. The van der Waals surface area contributed by atoms with Crippen LogP contribution in [0.1, 0.15) is 40.9 Å². The summed E-state index contributed by atoms with van der Waals surface area (Å²) in [5.74, 6) is -1.25. The Balaban J connectivity index is 2.04. The Labute approximate surface area is 171 Å². The number of rotatable bonds is 7. The van der Waals surface area contributed by atoms with Gasteiger partial charge in [-0.05, 0) is 63.9 Å². The maximum absolute atomic E-state index is 12.3. The third-order valence-corrected chi connectivity index (χ3v) is 5.70. The normalized spacial score (nSPS) is 11.4. The van der Waals surface area contributed by atoms with Gasteiger partial charge in [0.05, 0.1) is 10.5 Å². The van der Waals surface area contributed by atoms with E-state index in [9.17, 15) is 18.0 Å². The predicted molar refractivity (Wildman–Crippen MR) is 111 cm³/mol. The van der Waals surface area contributed by atoms with Gasteiger partial charge in [-0.2, -0.15) is 0 Å². The first kappa shape index (κ1) is 22.6. The van der Waals surface area contributed by atoms with Gasteiger partial charge in [-0.15, -0.1) is 0 Å². The van der Waals surface area contributed by atoms with Gasteiger partial charge < -0.3 is 10.1 Å². The number of carbonyl (C=O) groups excluding carboxylic acids is 2. The minimum atomic E-state index is -3.74. The van der Waals surface area contributed by atoms with Gasteiger partial charge in [0.1, 0.15) is 0 Å². The summed E-state index contributed by atoms with van der Waals surface area (Å²) in [6.45, 7) is 8.67. The van der Waals surface area contributed by atoms with Gasteiger partial charge in [-0.25, -0.2) is 17.9 Å². The fraction of sp³-hybridized carbons (Fsp3) is 0.333. The van der Waals surface area contributed by atoms with Crippen LogP contribution in [-0.2, 0) is 19.6 Å². The molecular formula is C21H26N2O5S. The monoisotopic (exact) mass is 418 g/mol. The highest BCUT2D eigenvalue weighted by molar-refractivity contribution is 7.89. The molecule has 2 rings (SSSR count). The van der Waals surface area contributed by atoms with Gasteiger partial charge in [0.2, 0.25) is 10.0 Å². The Hall–Kier alpha value is -2.71. The molecule has 29 heavy (non-hydrogen) atoms. The first-order valence-corrected chi connectivity index (χ1v) is 10.6. The zero-order chi connectivity index (χ0) is 21.8. The largest absolute Gasteiger partial charge is 0.452 e. The molecule has 0 aliphatic carbocycles. The van der Waals surface area contributed by atoms with Crippen molar-refractivity contribution in [2.45, 2.75) is 45.6 Å². The smallest absolute Gasteiger partial charge is 0.338 e. The topological polar surface area (TPSA) is 102 Å². The number of benzene rings is 2. The number of anilines is 1. The molecule has 0 aliphatic rings. The van der Waals surface area contributed by atoms with Crippen LogP contribution in [0.3, 0.4) is 0 Å². The fourth-order valence-corrected chi connectivity index (χ4v) is 4.23. The molecule has 7 nitrogen and oxygen atoms in total. The Bertz CT molecular complexity index is 1010. The SMILES string of the molecule is Cc1cc(C)c(NC(=O)COC(=O)c2cccc(S(=O)(=O)NC(C)C)c2)c(C)c1. The number of hydrogen-bond donors (Lipinski definition) is 2. The van der Waals surface area contributed by atoms with Crippen molar-refractivity contribution in [3.63, 3.8) is 0 Å². The van der Waals surface area contributed by atoms with Crippen LogP contribution in [0, 0.1) is 20.8 Å². The summed E-state index contributed by atoms with van der Waals surface area (Å²) in [6.07, 6.45) is 0. The third kappa shape index (κ3) is 6.13. The van der Waals surface area contributed by atoms with E-state index in [1.807, 2.05) is 32.9 Å². The summed E-state index contributed by atoms with van der Waals surface area (Å²) in [5, 5.41) is 2.75. The maximum atomic E-state index is 12.3. The molecule has 0 heterocycles. The molecule has 0 saturated carbocycles. The second kappa shape index (κ2) is 9.19. The van der Waals surface area contributed by atoms with Crippen molar-refractivity contribution >= 4 is 27.6 Å². The number of ether oxygens (including phenoxy) is 1. The van der Waals surface area contributed by atoms with E-state index >= 15 is 0 Å². The Morgan fingerprint density at radius 3 is 2.24 bits per heavy atom. The molecule has 1 amide bonds. The Morgan fingerprint density at radius 2 is 1.66 bits per heavy atom. The van der Waals surface area contributed by atoms with E-state index in [-0.39, 0.29) is 16.5 Å². The lowest BCUT2D eigenvalue weighted by Gasteiger charge is -2.13. The van der Waals surface area contributed by atoms with E-state index in [4.69, 9.17) is 4.74 Å². The molecule has 0 radical (unpaired) electrons. The second-order valence-electron chi connectivity index (χ2n) is 7.20. The van der Waals surface area contributed by atoms with Crippen molar-refractivity contribution in [3.05, 3.63) is 58.7 Å². The molecule has 0 atom stereocenters. The van der Waals surface area contributed by atoms with Crippen LogP contribution in [-0.4, -0.2) is 32.9 Å². The van der Waals surface area contributed by atoms with E-state index in [0.29, 0.717) is 5.69 Å². The van der Waals surface area contributed by atoms with Crippen molar-refractivity contribution in [3.8, 4) is 0 Å². The molecular weight excluding hydrogens is 392 g/mol. The molecule has 0 spiro atoms. The Morgan fingerprint density at radius 1 is 1.03 bits per heavy atom. The number of esters is 1. The highest BCUT2D eigenvalue weighted by atomic mass is 32.2. The highest BCUT2D eigenvalue weighted by Gasteiger charge is 2.18. The van der Waals surface area contributed by atoms with E-state index < -0.39 is 28.5 Å². The molecule has 156 valence electrons. The summed E-state index contributed by atoms with van der Waals surface area (Å²) in [6, 6.07) is 9.11. The van der Waals surface area contributed by atoms with Crippen LogP contribution in [0.25, 0.3) is 0 Å². The standard InChI is InChI=1S/C21H26N2O5S/c1-13(2)23-29(26,27)18-8-6-7-17(11-18)21(25)28-12-19(24)22-20-15(4)9-14(3)10-16(20)5/h6-11,13,23H,12H2,1-5H3,(H,22,24). The van der Waals surface area contributed by atoms with Crippen LogP contribution in [0.2, 0.25) is 0 Å². The quantitative estimate of drug-likeness (QED) is 0.673. The molecule has 2 aromatic carbocycles. The Kier molecular flexibility index (Phi) is 7.16. The van der Waals surface area contributed by atoms with Gasteiger partial charge in [-0.3, -0.25) is 4.79 Å². The number of hydrogen-bond acceptors (Lipinski definition) is 5. The summed E-state index contributed by atoms with van der Waals surface area (Å²) in [7, 11) is -3.74. The van der Waals surface area contributed by atoms with Crippen LogP contribution >= 0.6 is 0 Å². The lowest BCUT2D eigenvalue weighted by Crippen LogP contribution is -2.30. The average molecular weight is 419 g/mol. The van der Waals surface area contributed by atoms with Crippen molar-refractivity contribution in [2.75, 3.05) is 11.9 Å². The summed E-state index contributed by atoms with van der Waals surface area (Å²) < 4.78 is 32.0. The van der Waals surface area contributed by atoms with Gasteiger partial charge >= 0.3 is 5.97 Å². The number of aryl methyl sites for hydroxylation is 3. The van der Waals surface area contributed by atoms with Crippen LogP contribution in [0.15, 0.2) is 41.3 Å². The first-order chi connectivity index (χ1) is 13.5. The molecule has 0 bridgehead atoms. The van der Waals surface area contributed by atoms with Gasteiger partial charge in [-0.1, -0.05) is 23.8 Å². The van der Waals surface area contributed by atoms with Crippen molar-refractivity contribution in [1.29, 1.82) is 0 Å². The lowest BCUT2D eigenvalue weighted by molar-refractivity contribution is -0.119. The van der Waals surface area contributed by atoms with Gasteiger partial charge in [0.25, 0.3) is 5.91 Å². The second-order valence-corrected chi connectivity index (χ2v) is 8.92.